The first-order valence-electron chi connectivity index (χ1n) is 27.3. The molecular formula is C74H64N2. The second kappa shape index (κ2) is 20.5. The summed E-state index contributed by atoms with van der Waals surface area (Å²) in [6.07, 6.45) is 2.13. The van der Waals surface area contributed by atoms with Crippen molar-refractivity contribution < 1.29 is 0 Å². The summed E-state index contributed by atoms with van der Waals surface area (Å²) < 4.78 is 0. The summed E-state index contributed by atoms with van der Waals surface area (Å²) >= 11 is 0. The molecule has 0 saturated carbocycles. The molecule has 0 spiro atoms. The second-order valence-electron chi connectivity index (χ2n) is 20.8. The van der Waals surface area contributed by atoms with E-state index < -0.39 is 0 Å². The summed E-state index contributed by atoms with van der Waals surface area (Å²) in [6.45, 7) is 13.9. The molecule has 12 aromatic carbocycles. The molecule has 12 rings (SSSR count). The van der Waals surface area contributed by atoms with Gasteiger partial charge in [-0.3, -0.25) is 0 Å². The highest BCUT2D eigenvalue weighted by molar-refractivity contribution is 6.13. The fourth-order valence-electron chi connectivity index (χ4n) is 12.0. The number of anilines is 6. The molecule has 12 aromatic rings. The minimum atomic E-state index is 0.398. The lowest BCUT2D eigenvalue weighted by atomic mass is 9.83. The van der Waals surface area contributed by atoms with Crippen LogP contribution in [0.15, 0.2) is 243 Å². The first-order chi connectivity index (χ1) is 37.3. The molecule has 76 heavy (non-hydrogen) atoms. The number of fused-ring (bicyclic) bond motifs is 4. The van der Waals surface area contributed by atoms with Crippen LogP contribution in [0.5, 0.6) is 0 Å². The zero-order valence-electron chi connectivity index (χ0n) is 44.6. The van der Waals surface area contributed by atoms with Crippen molar-refractivity contribution in [3.05, 3.63) is 265 Å². The van der Waals surface area contributed by atoms with Crippen LogP contribution >= 0.6 is 0 Å². The Bertz CT molecular complexity index is 3790. The summed E-state index contributed by atoms with van der Waals surface area (Å²) in [5.41, 5.74) is 19.8. The highest BCUT2D eigenvalue weighted by Gasteiger charge is 2.24. The lowest BCUT2D eigenvalue weighted by Crippen LogP contribution is -2.11. The zero-order chi connectivity index (χ0) is 51.9. The van der Waals surface area contributed by atoms with Crippen molar-refractivity contribution in [1.82, 2.24) is 0 Å². The van der Waals surface area contributed by atoms with Gasteiger partial charge < -0.3 is 9.80 Å². The molecule has 0 aliphatic carbocycles. The first kappa shape index (κ1) is 48.2. The molecule has 2 atom stereocenters. The topological polar surface area (TPSA) is 6.48 Å². The molecule has 0 aliphatic heterocycles. The lowest BCUT2D eigenvalue weighted by Gasteiger charge is -2.29. The third-order valence-corrected chi connectivity index (χ3v) is 16.3. The Kier molecular flexibility index (Phi) is 13.0. The van der Waals surface area contributed by atoms with Gasteiger partial charge in [0.05, 0.1) is 11.4 Å². The van der Waals surface area contributed by atoms with Crippen LogP contribution in [0.1, 0.15) is 74.6 Å². The molecule has 0 aliphatic rings. The third kappa shape index (κ3) is 8.58. The number of hydrogen-bond acceptors (Lipinski definition) is 2. The van der Waals surface area contributed by atoms with Crippen LogP contribution in [0.3, 0.4) is 0 Å². The average molecular weight is 981 g/mol. The molecule has 0 bridgehead atoms. The number of hydrogen-bond donors (Lipinski definition) is 0. The smallest absolute Gasteiger partial charge is 0.0540 e. The maximum atomic E-state index is 2.43. The van der Waals surface area contributed by atoms with Gasteiger partial charge in [-0.05, 0) is 187 Å². The maximum absolute atomic E-state index is 2.43. The van der Waals surface area contributed by atoms with E-state index >= 15 is 0 Å². The van der Waals surface area contributed by atoms with Gasteiger partial charge in [-0.25, -0.2) is 0 Å². The van der Waals surface area contributed by atoms with Gasteiger partial charge in [0, 0.05) is 33.5 Å². The summed E-state index contributed by atoms with van der Waals surface area (Å²) in [5, 5.41) is 10.1. The molecular weight excluding hydrogens is 917 g/mol. The summed E-state index contributed by atoms with van der Waals surface area (Å²) in [7, 11) is 0. The molecule has 2 nitrogen and oxygen atoms in total. The van der Waals surface area contributed by atoms with Gasteiger partial charge >= 0.3 is 0 Å². The largest absolute Gasteiger partial charge is 0.310 e. The molecule has 0 aromatic heterocycles. The minimum absolute atomic E-state index is 0.398. The molecule has 0 fully saturated rings. The van der Waals surface area contributed by atoms with E-state index in [0.717, 1.165) is 58.1 Å². The Morgan fingerprint density at radius 3 is 1.04 bits per heavy atom. The van der Waals surface area contributed by atoms with Crippen LogP contribution in [-0.2, 0) is 0 Å². The number of para-hydroxylation sites is 2. The predicted octanol–water partition coefficient (Wildman–Crippen LogP) is 21.9. The van der Waals surface area contributed by atoms with Gasteiger partial charge in [-0.2, -0.15) is 0 Å². The van der Waals surface area contributed by atoms with Crippen molar-refractivity contribution in [2.24, 2.45) is 0 Å². The van der Waals surface area contributed by atoms with E-state index in [0.29, 0.717) is 11.8 Å². The van der Waals surface area contributed by atoms with E-state index in [9.17, 15) is 0 Å². The van der Waals surface area contributed by atoms with Crippen molar-refractivity contribution in [3.63, 3.8) is 0 Å². The molecule has 0 saturated heterocycles. The fourth-order valence-corrected chi connectivity index (χ4v) is 12.0. The van der Waals surface area contributed by atoms with Crippen LogP contribution in [0.2, 0.25) is 0 Å². The van der Waals surface area contributed by atoms with Crippen molar-refractivity contribution in [2.75, 3.05) is 9.80 Å². The molecule has 370 valence electrons. The Labute approximate surface area is 449 Å². The Balaban J connectivity index is 0.946. The number of nitrogens with zero attached hydrogens (tertiary/aromatic N) is 2. The highest BCUT2D eigenvalue weighted by Crippen LogP contribution is 2.49. The molecule has 0 N–H and O–H groups in total. The number of benzene rings is 12. The van der Waals surface area contributed by atoms with Crippen molar-refractivity contribution in [1.29, 1.82) is 0 Å². The van der Waals surface area contributed by atoms with Crippen molar-refractivity contribution in [2.45, 2.75) is 66.2 Å². The maximum Gasteiger partial charge on any atom is 0.0540 e. The molecule has 2 heteroatoms. The normalized spacial score (nSPS) is 12.3. The Morgan fingerprint density at radius 1 is 0.289 bits per heavy atom. The molecule has 2 unspecified atom stereocenters. The van der Waals surface area contributed by atoms with Gasteiger partial charge in [0.15, 0.2) is 0 Å². The minimum Gasteiger partial charge on any atom is -0.310 e. The number of aryl methyl sites for hydroxylation is 2. The molecule has 0 radical (unpaired) electrons. The van der Waals surface area contributed by atoms with Crippen molar-refractivity contribution in [3.8, 4) is 33.4 Å². The second-order valence-corrected chi connectivity index (χ2v) is 20.8. The highest BCUT2D eigenvalue weighted by atomic mass is 15.1. The van der Waals surface area contributed by atoms with Gasteiger partial charge in [-0.15, -0.1) is 0 Å². The van der Waals surface area contributed by atoms with E-state index in [4.69, 9.17) is 0 Å². The van der Waals surface area contributed by atoms with E-state index in [1.165, 1.54) is 87.6 Å². The van der Waals surface area contributed by atoms with Crippen LogP contribution in [0.4, 0.5) is 34.1 Å². The summed E-state index contributed by atoms with van der Waals surface area (Å²) in [6, 6.07) is 90.0. The van der Waals surface area contributed by atoms with Crippen LogP contribution in [0.25, 0.3) is 76.5 Å². The SMILES string of the molecule is CCC(C)c1ccc2c(N(c3ccccc3)c3ccc(-c4ccc(N(c5ccccc5)c5cccc6c(-c7c(C)ccc8ccccc78)c(C(C)CC)ccc56)cc4)cc3)cccc2c1-c1c(C)ccc2ccccc12. The van der Waals surface area contributed by atoms with Gasteiger partial charge in [-0.1, -0.05) is 210 Å². The Hall–Kier alpha value is -8.72. The van der Waals surface area contributed by atoms with Gasteiger partial charge in [0.2, 0.25) is 0 Å². The first-order valence-corrected chi connectivity index (χ1v) is 27.3. The summed E-state index contributed by atoms with van der Waals surface area (Å²) in [4.78, 5) is 4.86. The Morgan fingerprint density at radius 2 is 0.645 bits per heavy atom. The number of rotatable bonds is 13. The summed E-state index contributed by atoms with van der Waals surface area (Å²) in [5.74, 6) is 0.796. The average Bonchev–Trinajstić information content (AvgIpc) is 3.48. The monoisotopic (exact) mass is 981 g/mol. The standard InChI is InChI=1S/C74H64N2/c1-7-49(3)61-45-47-65-67(73(61)71-51(5)33-35-55-21-15-17-27-63(55)71)29-19-31-69(65)75(57-23-11-9-12-24-57)59-41-37-53(38-42-59)54-39-43-60(44-40-54)76(58-25-13-10-14-26-58)70-32-20-30-68-66(70)48-46-62(50(4)8-2)74(68)72-52(6)34-36-56-22-16-18-28-64(56)72/h9-50H,7-8H2,1-6H3. The van der Waals surface area contributed by atoms with E-state index in [1.807, 2.05) is 0 Å². The quantitative estimate of drug-likeness (QED) is 0.114. The van der Waals surface area contributed by atoms with E-state index in [-0.39, 0.29) is 0 Å². The predicted molar refractivity (Wildman–Crippen MR) is 329 cm³/mol. The zero-order valence-corrected chi connectivity index (χ0v) is 44.6. The van der Waals surface area contributed by atoms with Crippen LogP contribution in [-0.4, -0.2) is 0 Å². The third-order valence-electron chi connectivity index (χ3n) is 16.3. The fraction of sp³-hybridized carbons (Fsp3) is 0.135. The van der Waals surface area contributed by atoms with Crippen LogP contribution in [0, 0.1) is 13.8 Å². The lowest BCUT2D eigenvalue weighted by molar-refractivity contribution is 0.736. The van der Waals surface area contributed by atoms with Crippen molar-refractivity contribution >= 4 is 77.2 Å². The van der Waals surface area contributed by atoms with Crippen LogP contribution < -0.4 is 9.80 Å². The van der Waals surface area contributed by atoms with Gasteiger partial charge in [0.25, 0.3) is 0 Å². The van der Waals surface area contributed by atoms with Gasteiger partial charge in [0.1, 0.15) is 0 Å². The molecule has 0 heterocycles. The van der Waals surface area contributed by atoms with E-state index in [1.54, 1.807) is 0 Å². The molecule has 0 amide bonds. The van der Waals surface area contributed by atoms with E-state index in [2.05, 4.69) is 294 Å².